The number of nitrogens with one attached hydrogen (secondary N) is 1. The zero-order valence-corrected chi connectivity index (χ0v) is 14.9. The van der Waals surface area contributed by atoms with Crippen LogP contribution in [0.2, 0.25) is 5.02 Å². The van der Waals surface area contributed by atoms with Crippen LogP contribution in [-0.2, 0) is 6.54 Å². The fraction of sp³-hybridized carbons (Fsp3) is 0.100. The molecule has 0 saturated heterocycles. The normalized spacial score (nSPS) is 12.0. The van der Waals surface area contributed by atoms with Gasteiger partial charge in [-0.2, -0.15) is 0 Å². The average Bonchev–Trinajstić information content (AvgIpc) is 3.11. The number of halogens is 1. The third-order valence-electron chi connectivity index (χ3n) is 4.14. The van der Waals surface area contributed by atoms with Gasteiger partial charge in [0.05, 0.1) is 6.54 Å². The van der Waals surface area contributed by atoms with Crippen LogP contribution in [0.15, 0.2) is 65.6 Å². The first-order valence-electron chi connectivity index (χ1n) is 8.25. The van der Waals surface area contributed by atoms with Crippen molar-refractivity contribution in [3.05, 3.63) is 87.3 Å². The highest BCUT2D eigenvalue weighted by Crippen LogP contribution is 2.34. The van der Waals surface area contributed by atoms with Crippen LogP contribution in [0, 0.1) is 0 Å². The molecule has 7 heteroatoms. The number of carbonyl (C=O) groups excluding carboxylic acids is 1. The molecule has 0 radical (unpaired) electrons. The minimum absolute atomic E-state index is 0.0530. The molecule has 0 bridgehead atoms. The quantitative estimate of drug-likeness (QED) is 0.749. The summed E-state index contributed by atoms with van der Waals surface area (Å²) in [5, 5.41) is 3.31. The Bertz CT molecular complexity index is 1080. The van der Waals surface area contributed by atoms with Gasteiger partial charge in [0, 0.05) is 23.0 Å². The van der Waals surface area contributed by atoms with Gasteiger partial charge in [0.2, 0.25) is 6.79 Å². The number of rotatable bonds is 4. The number of ether oxygens (including phenoxy) is 2. The summed E-state index contributed by atoms with van der Waals surface area (Å²) >= 11 is 5.99. The molecular weight excluding hydrogens is 368 g/mol. The van der Waals surface area contributed by atoms with E-state index in [2.05, 4.69) is 5.32 Å². The molecule has 0 unspecified atom stereocenters. The van der Waals surface area contributed by atoms with Crippen LogP contribution in [0.25, 0.3) is 0 Å². The summed E-state index contributed by atoms with van der Waals surface area (Å²) in [6.07, 6.45) is 1.64. The van der Waals surface area contributed by atoms with Crippen LogP contribution in [0.5, 0.6) is 11.5 Å². The van der Waals surface area contributed by atoms with Crippen molar-refractivity contribution in [1.29, 1.82) is 0 Å². The van der Waals surface area contributed by atoms with Crippen LogP contribution < -0.4 is 20.3 Å². The fourth-order valence-electron chi connectivity index (χ4n) is 2.84. The third-order valence-corrected chi connectivity index (χ3v) is 4.37. The highest BCUT2D eigenvalue weighted by Gasteiger charge is 2.16. The Morgan fingerprint density at radius 1 is 1.07 bits per heavy atom. The topological polar surface area (TPSA) is 69.6 Å². The van der Waals surface area contributed by atoms with E-state index in [4.69, 9.17) is 21.1 Å². The maximum atomic E-state index is 12.7. The first-order chi connectivity index (χ1) is 13.1. The lowest BCUT2D eigenvalue weighted by Gasteiger charge is -2.09. The van der Waals surface area contributed by atoms with Crippen molar-refractivity contribution >= 4 is 23.2 Å². The van der Waals surface area contributed by atoms with Crippen molar-refractivity contribution in [1.82, 2.24) is 4.57 Å². The lowest BCUT2D eigenvalue weighted by atomic mass is 10.2. The van der Waals surface area contributed by atoms with Gasteiger partial charge in [0.25, 0.3) is 11.5 Å². The minimum Gasteiger partial charge on any atom is -0.454 e. The zero-order valence-electron chi connectivity index (χ0n) is 14.1. The number of hydrogen-bond acceptors (Lipinski definition) is 4. The lowest BCUT2D eigenvalue weighted by molar-refractivity contribution is 0.102. The first kappa shape index (κ1) is 17.2. The van der Waals surface area contributed by atoms with Crippen LogP contribution in [0.1, 0.15) is 15.9 Å². The second kappa shape index (κ2) is 7.17. The number of anilines is 1. The molecule has 0 atom stereocenters. The molecule has 4 rings (SSSR count). The Labute approximate surface area is 159 Å². The molecule has 2 aromatic carbocycles. The second-order valence-corrected chi connectivity index (χ2v) is 6.44. The number of aromatic nitrogens is 1. The van der Waals surface area contributed by atoms with E-state index in [1.807, 2.05) is 12.1 Å². The smallest absolute Gasteiger partial charge is 0.263 e. The highest BCUT2D eigenvalue weighted by atomic mass is 35.5. The molecule has 0 fully saturated rings. The summed E-state index contributed by atoms with van der Waals surface area (Å²) in [5.41, 5.74) is 1.07. The fourth-order valence-corrected chi connectivity index (χ4v) is 3.05. The van der Waals surface area contributed by atoms with Gasteiger partial charge >= 0.3 is 0 Å². The Balaban J connectivity index is 1.56. The molecule has 1 aliphatic rings. The molecule has 1 N–H and O–H groups in total. The Kier molecular flexibility index (Phi) is 4.56. The molecule has 1 aliphatic heterocycles. The number of carbonyl (C=O) groups is 1. The highest BCUT2D eigenvalue weighted by molar-refractivity contribution is 6.30. The van der Waals surface area contributed by atoms with E-state index in [0.29, 0.717) is 28.8 Å². The Hall–Kier alpha value is -3.25. The van der Waals surface area contributed by atoms with Crippen molar-refractivity contribution in [2.45, 2.75) is 6.54 Å². The van der Waals surface area contributed by atoms with Crippen molar-refractivity contribution in [2.75, 3.05) is 12.1 Å². The molecule has 1 amide bonds. The Morgan fingerprint density at radius 2 is 1.93 bits per heavy atom. The summed E-state index contributed by atoms with van der Waals surface area (Å²) in [4.78, 5) is 25.3. The van der Waals surface area contributed by atoms with Gasteiger partial charge in [-0.1, -0.05) is 23.7 Å². The summed E-state index contributed by atoms with van der Waals surface area (Å²) in [6.45, 7) is 0.476. The molecule has 136 valence electrons. The standard InChI is InChI=1S/C20H15ClN2O4/c21-14-4-1-3-13(9-14)11-23-8-2-5-16(20(23)25)19(24)22-15-6-7-17-18(10-15)27-12-26-17/h1-10H,11-12H2,(H,22,24). The van der Waals surface area contributed by atoms with E-state index in [-0.39, 0.29) is 17.9 Å². The summed E-state index contributed by atoms with van der Waals surface area (Å²) < 4.78 is 12.0. The molecule has 6 nitrogen and oxygen atoms in total. The number of pyridine rings is 1. The monoisotopic (exact) mass is 382 g/mol. The first-order valence-corrected chi connectivity index (χ1v) is 8.63. The van der Waals surface area contributed by atoms with Gasteiger partial charge in [-0.25, -0.2) is 0 Å². The lowest BCUT2D eigenvalue weighted by Crippen LogP contribution is -2.29. The summed E-state index contributed by atoms with van der Waals surface area (Å²) in [6, 6.07) is 15.5. The molecular formula is C20H15ClN2O4. The number of nitrogens with zero attached hydrogens (tertiary/aromatic N) is 1. The van der Waals surface area contributed by atoms with Gasteiger partial charge in [-0.3, -0.25) is 9.59 Å². The predicted molar refractivity (Wildman–Crippen MR) is 102 cm³/mol. The van der Waals surface area contributed by atoms with Crippen LogP contribution in [0.4, 0.5) is 5.69 Å². The largest absolute Gasteiger partial charge is 0.454 e. The molecule has 0 saturated carbocycles. The minimum atomic E-state index is -0.487. The SMILES string of the molecule is O=C(Nc1ccc2c(c1)OCO2)c1cccn(Cc2cccc(Cl)c2)c1=O. The molecule has 3 aromatic rings. The number of hydrogen-bond donors (Lipinski definition) is 1. The average molecular weight is 383 g/mol. The van der Waals surface area contributed by atoms with Gasteiger partial charge in [0.15, 0.2) is 11.5 Å². The maximum Gasteiger partial charge on any atom is 0.263 e. The maximum absolute atomic E-state index is 12.7. The van der Waals surface area contributed by atoms with E-state index >= 15 is 0 Å². The second-order valence-electron chi connectivity index (χ2n) is 6.01. The summed E-state index contributed by atoms with van der Waals surface area (Å²) in [5.74, 6) is 0.690. The Morgan fingerprint density at radius 3 is 2.78 bits per heavy atom. The number of amides is 1. The van der Waals surface area contributed by atoms with E-state index in [0.717, 1.165) is 5.56 Å². The molecule has 0 spiro atoms. The van der Waals surface area contributed by atoms with Crippen LogP contribution in [0.3, 0.4) is 0 Å². The van der Waals surface area contributed by atoms with E-state index < -0.39 is 5.91 Å². The third kappa shape index (κ3) is 3.66. The molecule has 0 aliphatic carbocycles. The number of fused-ring (bicyclic) bond motifs is 1. The van der Waals surface area contributed by atoms with Gasteiger partial charge in [0.1, 0.15) is 5.56 Å². The van der Waals surface area contributed by atoms with E-state index in [1.54, 1.807) is 42.6 Å². The van der Waals surface area contributed by atoms with Crippen molar-refractivity contribution in [3.8, 4) is 11.5 Å². The zero-order chi connectivity index (χ0) is 18.8. The molecule has 27 heavy (non-hydrogen) atoms. The van der Waals surface area contributed by atoms with Crippen molar-refractivity contribution < 1.29 is 14.3 Å². The van der Waals surface area contributed by atoms with Crippen molar-refractivity contribution in [3.63, 3.8) is 0 Å². The van der Waals surface area contributed by atoms with E-state index in [9.17, 15) is 9.59 Å². The van der Waals surface area contributed by atoms with Gasteiger partial charge < -0.3 is 19.4 Å². The summed E-state index contributed by atoms with van der Waals surface area (Å²) in [7, 11) is 0. The van der Waals surface area contributed by atoms with E-state index in [1.165, 1.54) is 10.6 Å². The predicted octanol–water partition coefficient (Wildman–Crippen LogP) is 3.53. The van der Waals surface area contributed by atoms with Crippen LogP contribution in [-0.4, -0.2) is 17.3 Å². The molecule has 2 heterocycles. The molecule has 1 aromatic heterocycles. The van der Waals surface area contributed by atoms with Gasteiger partial charge in [-0.05, 0) is 42.0 Å². The van der Waals surface area contributed by atoms with Crippen LogP contribution >= 0.6 is 11.6 Å². The van der Waals surface area contributed by atoms with Crippen molar-refractivity contribution in [2.24, 2.45) is 0 Å². The number of benzene rings is 2. The van der Waals surface area contributed by atoms with Gasteiger partial charge in [-0.15, -0.1) is 0 Å².